The Kier molecular flexibility index (Phi) is 10.1. The molecule has 0 aromatic carbocycles. The number of aryl methyl sites for hydroxylation is 1. The maximum atomic E-state index is 13.0. The van der Waals surface area contributed by atoms with Gasteiger partial charge < -0.3 is 14.4 Å². The van der Waals surface area contributed by atoms with E-state index < -0.39 is 21.5 Å². The number of sulfonamides is 1. The number of amides is 2. The van der Waals surface area contributed by atoms with E-state index in [1.807, 2.05) is 39.3 Å². The number of likely N-dealkylation sites (tertiary alicyclic amines) is 1. The molecule has 13 nitrogen and oxygen atoms in total. The Balaban J connectivity index is 1.11. The molecular weight excluding hydrogens is 682 g/mol. The first kappa shape index (κ1) is 37.6. The van der Waals surface area contributed by atoms with Gasteiger partial charge in [0.2, 0.25) is 5.88 Å². The molecule has 3 aromatic rings. The largest absolute Gasteiger partial charge is 0.477 e. The Morgan fingerprint density at radius 1 is 1.00 bits per heavy atom. The standard InChI is InChI=1S/C35H50ClN7O6S/c1-32(2,3)49-31(45)42-22-23(21-33(42,4)5)11-10-17-41-18-15-28(39-41)50(46,47)40-30(44)24-12-13-26(37-29(24)36)43-19-14-27(38-43)48-20-16-25-34(6,7)35(25,8)9/h12-15,18-19,23,25H,10-11,16-17,20-22H2,1-9H3,(H,40,44). The summed E-state index contributed by atoms with van der Waals surface area (Å²) in [5.74, 6) is 0.709. The van der Waals surface area contributed by atoms with E-state index in [0.717, 1.165) is 25.7 Å². The van der Waals surface area contributed by atoms with Crippen LogP contribution in [0.5, 0.6) is 5.88 Å². The summed E-state index contributed by atoms with van der Waals surface area (Å²) in [6.45, 7) is 20.4. The zero-order valence-electron chi connectivity index (χ0n) is 30.5. The van der Waals surface area contributed by atoms with Crippen LogP contribution in [-0.4, -0.2) is 74.2 Å². The number of hydrogen-bond acceptors (Lipinski definition) is 9. The molecule has 2 aliphatic rings. The van der Waals surface area contributed by atoms with Crippen molar-refractivity contribution in [2.75, 3.05) is 13.2 Å². The fourth-order valence-electron chi connectivity index (χ4n) is 7.17. The zero-order chi connectivity index (χ0) is 36.9. The molecule has 4 heterocycles. The highest BCUT2D eigenvalue weighted by molar-refractivity contribution is 7.90. The Bertz CT molecular complexity index is 1830. The highest BCUT2D eigenvalue weighted by Crippen LogP contribution is 2.69. The van der Waals surface area contributed by atoms with Gasteiger partial charge in [-0.05, 0) is 101 Å². The van der Waals surface area contributed by atoms with Crippen LogP contribution in [0.3, 0.4) is 0 Å². The number of pyridine rings is 1. The number of nitrogens with one attached hydrogen (secondary N) is 1. The fourth-order valence-corrected chi connectivity index (χ4v) is 8.32. The summed E-state index contributed by atoms with van der Waals surface area (Å²) >= 11 is 6.33. The summed E-state index contributed by atoms with van der Waals surface area (Å²) in [6.07, 6.45) is 6.24. The van der Waals surface area contributed by atoms with Crippen molar-refractivity contribution in [2.45, 2.75) is 111 Å². The molecule has 1 unspecified atom stereocenters. The Labute approximate surface area is 300 Å². The van der Waals surface area contributed by atoms with E-state index in [0.29, 0.717) is 37.3 Å². The smallest absolute Gasteiger partial charge is 0.410 e. The first-order chi connectivity index (χ1) is 23.1. The van der Waals surface area contributed by atoms with Crippen molar-refractivity contribution in [1.82, 2.24) is 34.2 Å². The van der Waals surface area contributed by atoms with E-state index in [1.54, 1.807) is 23.4 Å². The molecule has 2 fully saturated rings. The van der Waals surface area contributed by atoms with Gasteiger partial charge in [0, 0.05) is 37.1 Å². The molecule has 50 heavy (non-hydrogen) atoms. The molecule has 0 bridgehead atoms. The minimum atomic E-state index is -4.29. The van der Waals surface area contributed by atoms with Crippen LogP contribution in [0.2, 0.25) is 5.15 Å². The molecule has 2 amide bonds. The number of carbonyl (C=O) groups is 2. The van der Waals surface area contributed by atoms with Crippen molar-refractivity contribution in [2.24, 2.45) is 22.7 Å². The van der Waals surface area contributed by atoms with Crippen LogP contribution >= 0.6 is 11.6 Å². The lowest BCUT2D eigenvalue weighted by molar-refractivity contribution is 0.0130. The molecule has 3 aromatic heterocycles. The lowest BCUT2D eigenvalue weighted by Gasteiger charge is -2.33. The number of hydrogen-bond donors (Lipinski definition) is 1. The predicted octanol–water partition coefficient (Wildman–Crippen LogP) is 6.50. The summed E-state index contributed by atoms with van der Waals surface area (Å²) in [4.78, 5) is 31.8. The number of aromatic nitrogens is 5. The number of carbonyl (C=O) groups excluding carboxylic acids is 2. The lowest BCUT2D eigenvalue weighted by Crippen LogP contribution is -2.45. The van der Waals surface area contributed by atoms with E-state index in [-0.39, 0.29) is 44.1 Å². The molecule has 5 rings (SSSR count). The quantitative estimate of drug-likeness (QED) is 0.206. The third kappa shape index (κ3) is 8.11. The van der Waals surface area contributed by atoms with Crippen LogP contribution in [0, 0.1) is 22.7 Å². The molecule has 0 spiro atoms. The maximum Gasteiger partial charge on any atom is 0.410 e. The van der Waals surface area contributed by atoms with Crippen molar-refractivity contribution >= 4 is 33.6 Å². The molecular formula is C35H50ClN7O6S. The van der Waals surface area contributed by atoms with Gasteiger partial charge in [-0.3, -0.25) is 9.48 Å². The molecule has 1 N–H and O–H groups in total. The second kappa shape index (κ2) is 13.5. The monoisotopic (exact) mass is 731 g/mol. The average molecular weight is 732 g/mol. The first-order valence-corrected chi connectivity index (χ1v) is 18.9. The minimum Gasteiger partial charge on any atom is -0.477 e. The van der Waals surface area contributed by atoms with Crippen molar-refractivity contribution in [1.29, 1.82) is 0 Å². The molecule has 1 aliphatic heterocycles. The number of halogens is 1. The van der Waals surface area contributed by atoms with Gasteiger partial charge in [0.1, 0.15) is 10.8 Å². The number of rotatable bonds is 12. The normalized spacial score (nSPS) is 19.7. The molecule has 1 aliphatic carbocycles. The van der Waals surface area contributed by atoms with Crippen LogP contribution in [0.25, 0.3) is 5.82 Å². The molecule has 15 heteroatoms. The van der Waals surface area contributed by atoms with E-state index in [1.165, 1.54) is 27.6 Å². The van der Waals surface area contributed by atoms with Crippen LogP contribution < -0.4 is 9.46 Å². The third-order valence-electron chi connectivity index (χ3n) is 10.5. The van der Waals surface area contributed by atoms with Crippen molar-refractivity contribution in [3.63, 3.8) is 0 Å². The van der Waals surface area contributed by atoms with E-state index in [2.05, 4.69) is 42.9 Å². The highest BCUT2D eigenvalue weighted by atomic mass is 35.5. The van der Waals surface area contributed by atoms with Gasteiger partial charge in [-0.25, -0.2) is 19.2 Å². The topological polar surface area (TPSA) is 151 Å². The lowest BCUT2D eigenvalue weighted by atomic mass is 9.93. The SMILES string of the molecule is CC(C)(C)OC(=O)N1CC(CCCn2ccc(S(=O)(=O)NC(=O)c3ccc(-n4ccc(OCCC5C(C)(C)C5(C)C)n4)nc3Cl)n2)CC1(C)C. The third-order valence-corrected chi connectivity index (χ3v) is 12.1. The molecule has 1 saturated carbocycles. The second-order valence-corrected chi connectivity index (χ2v) is 18.2. The number of ether oxygens (including phenoxy) is 2. The summed E-state index contributed by atoms with van der Waals surface area (Å²) in [6, 6.07) is 5.97. The average Bonchev–Trinajstić information content (AvgIpc) is 3.59. The van der Waals surface area contributed by atoms with E-state index in [9.17, 15) is 18.0 Å². The van der Waals surface area contributed by atoms with Crippen LogP contribution in [-0.2, 0) is 21.3 Å². The fraction of sp³-hybridized carbons (Fsp3) is 0.629. The summed E-state index contributed by atoms with van der Waals surface area (Å²) in [7, 11) is -4.29. The molecule has 0 radical (unpaired) electrons. The highest BCUT2D eigenvalue weighted by Gasteiger charge is 2.63. The minimum absolute atomic E-state index is 0.114. The second-order valence-electron chi connectivity index (χ2n) is 16.2. The van der Waals surface area contributed by atoms with E-state index >= 15 is 0 Å². The van der Waals surface area contributed by atoms with Gasteiger partial charge in [0.25, 0.3) is 15.9 Å². The Morgan fingerprint density at radius 3 is 2.34 bits per heavy atom. The van der Waals surface area contributed by atoms with Crippen molar-refractivity contribution in [3.05, 3.63) is 47.4 Å². The van der Waals surface area contributed by atoms with Gasteiger partial charge in [-0.1, -0.05) is 39.3 Å². The summed E-state index contributed by atoms with van der Waals surface area (Å²) < 4.78 is 42.6. The van der Waals surface area contributed by atoms with Crippen LogP contribution in [0.1, 0.15) is 98.4 Å². The van der Waals surface area contributed by atoms with Gasteiger partial charge in [0.15, 0.2) is 10.8 Å². The van der Waals surface area contributed by atoms with Crippen molar-refractivity contribution in [3.8, 4) is 11.7 Å². The Hall–Kier alpha value is -3.65. The summed E-state index contributed by atoms with van der Waals surface area (Å²) in [5, 5.41) is 8.12. The molecule has 274 valence electrons. The van der Waals surface area contributed by atoms with Crippen LogP contribution in [0.4, 0.5) is 4.79 Å². The zero-order valence-corrected chi connectivity index (χ0v) is 32.1. The maximum absolute atomic E-state index is 13.0. The Morgan fingerprint density at radius 2 is 1.70 bits per heavy atom. The van der Waals surface area contributed by atoms with Gasteiger partial charge in [-0.2, -0.15) is 13.5 Å². The number of nitrogens with zero attached hydrogens (tertiary/aromatic N) is 6. The van der Waals surface area contributed by atoms with Gasteiger partial charge >= 0.3 is 6.09 Å². The summed E-state index contributed by atoms with van der Waals surface area (Å²) in [5.41, 5.74) is -0.427. The van der Waals surface area contributed by atoms with Gasteiger partial charge in [0.05, 0.1) is 12.2 Å². The van der Waals surface area contributed by atoms with Crippen molar-refractivity contribution < 1.29 is 27.5 Å². The predicted molar refractivity (Wildman–Crippen MR) is 189 cm³/mol. The first-order valence-electron chi connectivity index (χ1n) is 17.1. The van der Waals surface area contributed by atoms with E-state index in [4.69, 9.17) is 21.1 Å². The molecule has 1 saturated heterocycles. The molecule has 1 atom stereocenters. The van der Waals surface area contributed by atoms with Crippen LogP contribution in [0.15, 0.2) is 41.7 Å². The van der Waals surface area contributed by atoms with Gasteiger partial charge in [-0.15, -0.1) is 5.10 Å².